The molecule has 5 rings (SSSR count). The molecule has 4 aromatic rings. The van der Waals surface area contributed by atoms with Gasteiger partial charge < -0.3 is 9.47 Å². The molecule has 0 aliphatic carbocycles. The summed E-state index contributed by atoms with van der Waals surface area (Å²) in [6, 6.07) is 6.96. The molecule has 1 aliphatic heterocycles. The van der Waals surface area contributed by atoms with Crippen LogP contribution in [0.5, 0.6) is 5.75 Å². The van der Waals surface area contributed by atoms with Crippen molar-refractivity contribution in [3.05, 3.63) is 109 Å². The number of aryl methyl sites for hydroxylation is 2. The second kappa shape index (κ2) is 11.1. The molecular weight excluding hydrogens is 530 g/mol. The van der Waals surface area contributed by atoms with Gasteiger partial charge in [-0.1, -0.05) is 11.6 Å². The maximum absolute atomic E-state index is 13.9. The minimum Gasteiger partial charge on any atom is -0.487 e. The highest BCUT2D eigenvalue weighted by Crippen LogP contribution is 2.30. The Balaban J connectivity index is 1.48. The van der Waals surface area contributed by atoms with Crippen molar-refractivity contribution in [3.8, 4) is 17.3 Å². The summed E-state index contributed by atoms with van der Waals surface area (Å²) in [5, 5.41) is 0.411. The average molecular weight is 555 g/mol. The molecule has 0 aromatic carbocycles. The van der Waals surface area contributed by atoms with Crippen LogP contribution in [0.15, 0.2) is 58.5 Å². The molecule has 11 heteroatoms. The third-order valence-electron chi connectivity index (χ3n) is 6.70. The van der Waals surface area contributed by atoms with Crippen molar-refractivity contribution in [1.82, 2.24) is 19.1 Å². The summed E-state index contributed by atoms with van der Waals surface area (Å²) < 4.78 is 40.9. The van der Waals surface area contributed by atoms with Crippen molar-refractivity contribution < 1.29 is 18.3 Å². The van der Waals surface area contributed by atoms with Crippen LogP contribution in [0.25, 0.3) is 11.5 Å². The minimum absolute atomic E-state index is 0.00730. The molecular formula is C28H25ClF2N4O4. The van der Waals surface area contributed by atoms with E-state index >= 15 is 0 Å². The molecule has 1 fully saturated rings. The Bertz CT molecular complexity index is 1660. The van der Waals surface area contributed by atoms with Gasteiger partial charge in [0.1, 0.15) is 29.7 Å². The molecule has 39 heavy (non-hydrogen) atoms. The molecule has 0 N–H and O–H groups in total. The van der Waals surface area contributed by atoms with E-state index in [9.17, 15) is 18.4 Å². The van der Waals surface area contributed by atoms with Crippen LogP contribution >= 0.6 is 11.6 Å². The van der Waals surface area contributed by atoms with Gasteiger partial charge in [-0.15, -0.1) is 0 Å². The third-order valence-corrected chi connectivity index (χ3v) is 7.03. The van der Waals surface area contributed by atoms with Crippen molar-refractivity contribution in [1.29, 1.82) is 0 Å². The van der Waals surface area contributed by atoms with Crippen molar-refractivity contribution in [3.63, 3.8) is 0 Å². The zero-order chi connectivity index (χ0) is 27.7. The zero-order valence-electron chi connectivity index (χ0n) is 21.3. The molecule has 0 saturated carbocycles. The Labute approximate surface area is 227 Å². The van der Waals surface area contributed by atoms with Gasteiger partial charge in [-0.3, -0.25) is 23.7 Å². The fraction of sp³-hybridized carbons (Fsp3) is 0.286. The van der Waals surface area contributed by atoms with E-state index < -0.39 is 17.2 Å². The predicted molar refractivity (Wildman–Crippen MR) is 141 cm³/mol. The summed E-state index contributed by atoms with van der Waals surface area (Å²) in [5.41, 5.74) is 1.58. The van der Waals surface area contributed by atoms with E-state index in [1.165, 1.54) is 15.2 Å². The molecule has 0 radical (unpaired) electrons. The number of halogens is 3. The highest BCUT2D eigenvalue weighted by atomic mass is 35.5. The van der Waals surface area contributed by atoms with Crippen LogP contribution in [0.3, 0.4) is 0 Å². The molecule has 0 spiro atoms. The van der Waals surface area contributed by atoms with Gasteiger partial charge in [0.15, 0.2) is 5.82 Å². The number of ether oxygens (including phenoxy) is 2. The van der Waals surface area contributed by atoms with Gasteiger partial charge >= 0.3 is 0 Å². The summed E-state index contributed by atoms with van der Waals surface area (Å²) >= 11 is 6.44. The first-order chi connectivity index (χ1) is 18.7. The lowest BCUT2D eigenvalue weighted by Gasteiger charge is -2.23. The normalized spacial score (nSPS) is 14.0. The van der Waals surface area contributed by atoms with E-state index in [2.05, 4.69) is 9.97 Å². The van der Waals surface area contributed by atoms with Gasteiger partial charge in [-0.25, -0.2) is 13.8 Å². The zero-order valence-corrected chi connectivity index (χ0v) is 22.0. The highest BCUT2D eigenvalue weighted by Gasteiger charge is 2.23. The second-order valence-corrected chi connectivity index (χ2v) is 9.75. The maximum Gasteiger partial charge on any atom is 0.261 e. The van der Waals surface area contributed by atoms with E-state index in [4.69, 9.17) is 21.1 Å². The van der Waals surface area contributed by atoms with Crippen LogP contribution in [0, 0.1) is 25.5 Å². The summed E-state index contributed by atoms with van der Waals surface area (Å²) in [4.78, 5) is 34.8. The fourth-order valence-corrected chi connectivity index (χ4v) is 5.00. The summed E-state index contributed by atoms with van der Waals surface area (Å²) in [6.45, 7) is 4.40. The van der Waals surface area contributed by atoms with Crippen LogP contribution < -0.4 is 15.9 Å². The van der Waals surface area contributed by atoms with Gasteiger partial charge in [0, 0.05) is 61.1 Å². The quantitative estimate of drug-likeness (QED) is 0.340. The van der Waals surface area contributed by atoms with E-state index in [1.807, 2.05) is 6.92 Å². The maximum atomic E-state index is 13.9. The smallest absolute Gasteiger partial charge is 0.261 e. The van der Waals surface area contributed by atoms with Crippen molar-refractivity contribution in [2.45, 2.75) is 39.2 Å². The van der Waals surface area contributed by atoms with E-state index in [0.29, 0.717) is 59.4 Å². The molecule has 202 valence electrons. The first kappa shape index (κ1) is 26.7. The predicted octanol–water partition coefficient (Wildman–Crippen LogP) is 4.80. The molecule has 8 nitrogen and oxygen atoms in total. The van der Waals surface area contributed by atoms with Crippen molar-refractivity contribution in [2.24, 2.45) is 0 Å². The van der Waals surface area contributed by atoms with Crippen LogP contribution in [-0.4, -0.2) is 32.3 Å². The number of nitrogens with zero attached hydrogens (tertiary/aromatic N) is 4. The van der Waals surface area contributed by atoms with Gasteiger partial charge in [0.25, 0.3) is 11.1 Å². The molecule has 0 atom stereocenters. The third kappa shape index (κ3) is 5.48. The van der Waals surface area contributed by atoms with Crippen LogP contribution in [0.1, 0.15) is 41.3 Å². The van der Waals surface area contributed by atoms with Gasteiger partial charge in [-0.2, -0.15) is 0 Å². The van der Waals surface area contributed by atoms with Crippen molar-refractivity contribution >= 4 is 11.6 Å². The Kier molecular flexibility index (Phi) is 7.58. The van der Waals surface area contributed by atoms with Gasteiger partial charge in [-0.05, 0) is 44.2 Å². The lowest BCUT2D eigenvalue weighted by Crippen LogP contribution is -2.28. The Hall–Kier alpha value is -3.89. The largest absolute Gasteiger partial charge is 0.487 e. The van der Waals surface area contributed by atoms with Crippen LogP contribution in [-0.2, 0) is 11.3 Å². The Morgan fingerprint density at radius 1 is 1.08 bits per heavy atom. The van der Waals surface area contributed by atoms with Gasteiger partial charge in [0.05, 0.1) is 16.9 Å². The molecule has 0 amide bonds. The molecule has 0 unspecified atom stereocenters. The van der Waals surface area contributed by atoms with Crippen molar-refractivity contribution in [2.75, 3.05) is 13.2 Å². The van der Waals surface area contributed by atoms with E-state index in [1.54, 1.807) is 37.5 Å². The first-order valence-electron chi connectivity index (χ1n) is 12.4. The second-order valence-electron chi connectivity index (χ2n) is 9.34. The lowest BCUT2D eigenvalue weighted by molar-refractivity contribution is 0.0850. The highest BCUT2D eigenvalue weighted by molar-refractivity contribution is 6.31. The topological polar surface area (TPSA) is 88.2 Å². The lowest BCUT2D eigenvalue weighted by atomic mass is 9.92. The van der Waals surface area contributed by atoms with Crippen LogP contribution in [0.2, 0.25) is 5.02 Å². The number of pyridine rings is 4. The molecule has 1 aliphatic rings. The monoisotopic (exact) mass is 554 g/mol. The number of hydrogen-bond acceptors (Lipinski definition) is 6. The SMILES string of the molecule is Cc1cnc(-n2ccc(Cl)c(C3CCOCC3)c2=O)cc1-n1c(C)cc(OCc2ncc(F)cc2F)cc1=O. The Morgan fingerprint density at radius 2 is 1.85 bits per heavy atom. The molecule has 0 bridgehead atoms. The number of rotatable bonds is 6. The standard InChI is InChI=1S/C28H25ClF2N4O4/c1-16-13-33-25(34-6-3-21(29)27(28(34)37)18-4-7-38-8-5-18)12-24(16)35-17(2)9-20(11-26(35)36)39-15-23-22(31)10-19(30)14-32-23/h3,6,9-14,18H,4-5,7-8,15H2,1-2H3. The van der Waals surface area contributed by atoms with E-state index in [0.717, 1.165) is 12.3 Å². The summed E-state index contributed by atoms with van der Waals surface area (Å²) in [6.07, 6.45) is 5.48. The summed E-state index contributed by atoms with van der Waals surface area (Å²) in [5.74, 6) is -1.08. The summed E-state index contributed by atoms with van der Waals surface area (Å²) in [7, 11) is 0. The Morgan fingerprint density at radius 3 is 2.56 bits per heavy atom. The van der Waals surface area contributed by atoms with E-state index in [-0.39, 0.29) is 29.5 Å². The fourth-order valence-electron chi connectivity index (χ4n) is 4.71. The number of aromatic nitrogens is 4. The number of hydrogen-bond donors (Lipinski definition) is 0. The minimum atomic E-state index is -0.836. The average Bonchev–Trinajstić information content (AvgIpc) is 2.90. The molecule has 5 heterocycles. The first-order valence-corrected chi connectivity index (χ1v) is 12.7. The molecule has 4 aromatic heterocycles. The molecule has 1 saturated heterocycles. The van der Waals surface area contributed by atoms with Gasteiger partial charge in [0.2, 0.25) is 0 Å². The van der Waals surface area contributed by atoms with Crippen LogP contribution in [0.4, 0.5) is 8.78 Å².